The maximum absolute atomic E-state index is 11.6. The standard InChI is InChI=1S/C16H21N3O4.ClH/c20-14(5-6-16(22)23)19-10-15(21)17-8-7-11-9-18-13-4-2-1-3-12(11)13;/h1-4,9,16,18,22-23H,5-8,10H2,(H,17,21)(H,19,20);1H. The van der Waals surface area contributed by atoms with Gasteiger partial charge in [0, 0.05) is 36.5 Å². The van der Waals surface area contributed by atoms with Gasteiger partial charge in [0.1, 0.15) is 0 Å². The number of carbonyl (C=O) groups is 2. The molecule has 7 nitrogen and oxygen atoms in total. The lowest BCUT2D eigenvalue weighted by molar-refractivity contribution is -0.127. The van der Waals surface area contributed by atoms with Crippen LogP contribution in [0.2, 0.25) is 0 Å². The van der Waals surface area contributed by atoms with Crippen LogP contribution in [0.15, 0.2) is 30.5 Å². The molecule has 0 aliphatic carbocycles. The van der Waals surface area contributed by atoms with Crippen molar-refractivity contribution in [2.75, 3.05) is 13.1 Å². The highest BCUT2D eigenvalue weighted by molar-refractivity contribution is 5.85. The second-order valence-corrected chi connectivity index (χ2v) is 5.26. The minimum Gasteiger partial charge on any atom is -0.368 e. The van der Waals surface area contributed by atoms with Gasteiger partial charge in [0.2, 0.25) is 11.8 Å². The Bertz CT molecular complexity index is 672. The lowest BCUT2D eigenvalue weighted by Gasteiger charge is -2.07. The van der Waals surface area contributed by atoms with Crippen molar-refractivity contribution in [1.29, 1.82) is 0 Å². The predicted octanol–water partition coefficient (Wildman–Crippen LogP) is 0.455. The van der Waals surface area contributed by atoms with Crippen molar-refractivity contribution in [1.82, 2.24) is 15.6 Å². The van der Waals surface area contributed by atoms with Gasteiger partial charge in [-0.1, -0.05) is 18.2 Å². The van der Waals surface area contributed by atoms with Gasteiger partial charge in [-0.15, -0.1) is 12.4 Å². The summed E-state index contributed by atoms with van der Waals surface area (Å²) < 4.78 is 0. The van der Waals surface area contributed by atoms with Gasteiger partial charge >= 0.3 is 0 Å². The fourth-order valence-corrected chi connectivity index (χ4v) is 2.26. The molecule has 2 amide bonds. The summed E-state index contributed by atoms with van der Waals surface area (Å²) in [6.45, 7) is 0.361. The molecule has 132 valence electrons. The smallest absolute Gasteiger partial charge is 0.239 e. The van der Waals surface area contributed by atoms with Gasteiger partial charge in [-0.25, -0.2) is 0 Å². The third-order valence-electron chi connectivity index (χ3n) is 3.47. The first kappa shape index (κ1) is 20.0. The second-order valence-electron chi connectivity index (χ2n) is 5.26. The van der Waals surface area contributed by atoms with Crippen molar-refractivity contribution in [3.63, 3.8) is 0 Å². The van der Waals surface area contributed by atoms with Crippen LogP contribution in [0.25, 0.3) is 10.9 Å². The highest BCUT2D eigenvalue weighted by atomic mass is 35.5. The molecule has 0 radical (unpaired) electrons. The van der Waals surface area contributed by atoms with Crippen LogP contribution >= 0.6 is 12.4 Å². The molecule has 8 heteroatoms. The third kappa shape index (κ3) is 6.19. The van der Waals surface area contributed by atoms with Crippen LogP contribution in [-0.4, -0.2) is 46.4 Å². The van der Waals surface area contributed by atoms with E-state index in [9.17, 15) is 9.59 Å². The van der Waals surface area contributed by atoms with Crippen LogP contribution in [-0.2, 0) is 16.0 Å². The molecule has 2 aromatic rings. The number of hydrogen-bond donors (Lipinski definition) is 5. The zero-order chi connectivity index (χ0) is 16.7. The van der Waals surface area contributed by atoms with Crippen molar-refractivity contribution >= 4 is 35.1 Å². The van der Waals surface area contributed by atoms with Crippen LogP contribution < -0.4 is 10.6 Å². The Labute approximate surface area is 145 Å². The summed E-state index contributed by atoms with van der Waals surface area (Å²) in [5.41, 5.74) is 2.19. The van der Waals surface area contributed by atoms with Gasteiger partial charge in [0.15, 0.2) is 6.29 Å². The number of hydrogen-bond acceptors (Lipinski definition) is 4. The predicted molar refractivity (Wildman–Crippen MR) is 92.7 cm³/mol. The van der Waals surface area contributed by atoms with Crippen molar-refractivity contribution in [3.8, 4) is 0 Å². The van der Waals surface area contributed by atoms with E-state index in [4.69, 9.17) is 10.2 Å². The molecule has 0 atom stereocenters. The van der Waals surface area contributed by atoms with E-state index in [-0.39, 0.29) is 43.6 Å². The highest BCUT2D eigenvalue weighted by Gasteiger charge is 2.08. The number of rotatable bonds is 8. The molecule has 0 bridgehead atoms. The monoisotopic (exact) mass is 355 g/mol. The van der Waals surface area contributed by atoms with Crippen LogP contribution in [0, 0.1) is 0 Å². The fraction of sp³-hybridized carbons (Fsp3) is 0.375. The number of aliphatic hydroxyl groups is 2. The summed E-state index contributed by atoms with van der Waals surface area (Å²) >= 11 is 0. The number of carbonyl (C=O) groups excluding carboxylic acids is 2. The maximum Gasteiger partial charge on any atom is 0.239 e. The Morgan fingerprint density at radius 2 is 1.88 bits per heavy atom. The van der Waals surface area contributed by atoms with Crippen molar-refractivity contribution in [2.24, 2.45) is 0 Å². The molecule has 1 aromatic heterocycles. The van der Waals surface area contributed by atoms with Crippen LogP contribution in [0.3, 0.4) is 0 Å². The number of benzene rings is 1. The molecular weight excluding hydrogens is 334 g/mol. The summed E-state index contributed by atoms with van der Waals surface area (Å²) in [5, 5.41) is 23.6. The van der Waals surface area contributed by atoms with Gasteiger partial charge in [-0.3, -0.25) is 9.59 Å². The summed E-state index contributed by atoms with van der Waals surface area (Å²) in [6.07, 6.45) is 1.04. The van der Waals surface area contributed by atoms with Crippen LogP contribution in [0.1, 0.15) is 18.4 Å². The molecular formula is C16H22ClN3O4. The van der Waals surface area contributed by atoms with Gasteiger partial charge in [-0.05, 0) is 18.1 Å². The van der Waals surface area contributed by atoms with Crippen LogP contribution in [0.4, 0.5) is 0 Å². The zero-order valence-corrected chi connectivity index (χ0v) is 13.9. The number of nitrogens with one attached hydrogen (secondary N) is 3. The first-order valence-corrected chi connectivity index (χ1v) is 7.51. The summed E-state index contributed by atoms with van der Waals surface area (Å²) in [6, 6.07) is 7.95. The molecule has 1 aromatic carbocycles. The van der Waals surface area contributed by atoms with E-state index in [0.29, 0.717) is 13.0 Å². The molecule has 0 unspecified atom stereocenters. The topological polar surface area (TPSA) is 114 Å². The number of aromatic amines is 1. The fourth-order valence-electron chi connectivity index (χ4n) is 2.26. The molecule has 2 rings (SSSR count). The van der Waals surface area contributed by atoms with E-state index in [2.05, 4.69) is 15.6 Å². The zero-order valence-electron chi connectivity index (χ0n) is 13.1. The highest BCUT2D eigenvalue weighted by Crippen LogP contribution is 2.17. The Balaban J connectivity index is 0.00000288. The minimum absolute atomic E-state index is 0. The summed E-state index contributed by atoms with van der Waals surface area (Å²) in [4.78, 5) is 26.2. The average molecular weight is 356 g/mol. The first-order valence-electron chi connectivity index (χ1n) is 7.51. The quantitative estimate of drug-likeness (QED) is 0.442. The normalized spacial score (nSPS) is 10.5. The lowest BCUT2D eigenvalue weighted by atomic mass is 10.1. The molecule has 5 N–H and O–H groups in total. The minimum atomic E-state index is -1.51. The average Bonchev–Trinajstić information content (AvgIpc) is 2.94. The lowest BCUT2D eigenvalue weighted by Crippen LogP contribution is -2.37. The number of aromatic nitrogens is 1. The third-order valence-corrected chi connectivity index (χ3v) is 3.47. The summed E-state index contributed by atoms with van der Waals surface area (Å²) in [7, 11) is 0. The van der Waals surface area contributed by atoms with E-state index in [0.717, 1.165) is 16.5 Å². The van der Waals surface area contributed by atoms with Crippen molar-refractivity contribution in [3.05, 3.63) is 36.0 Å². The molecule has 24 heavy (non-hydrogen) atoms. The molecule has 0 spiro atoms. The molecule has 0 saturated heterocycles. The summed E-state index contributed by atoms with van der Waals surface area (Å²) in [5.74, 6) is -0.660. The van der Waals surface area contributed by atoms with Crippen LogP contribution in [0.5, 0.6) is 0 Å². The largest absolute Gasteiger partial charge is 0.368 e. The second kappa shape index (κ2) is 9.92. The first-order chi connectivity index (χ1) is 11.1. The number of amides is 2. The van der Waals surface area contributed by atoms with Gasteiger partial charge in [-0.2, -0.15) is 0 Å². The molecule has 0 aliphatic heterocycles. The number of fused-ring (bicyclic) bond motifs is 1. The Hall–Kier alpha value is -2.09. The molecule has 0 aliphatic rings. The SMILES string of the molecule is Cl.O=C(CCC(O)O)NCC(=O)NCCc1c[nH]c2ccccc12. The van der Waals surface area contributed by atoms with E-state index in [1.165, 1.54) is 0 Å². The van der Waals surface area contributed by atoms with Crippen molar-refractivity contribution < 1.29 is 19.8 Å². The molecule has 1 heterocycles. The molecule has 0 fully saturated rings. The van der Waals surface area contributed by atoms with E-state index < -0.39 is 6.29 Å². The van der Waals surface area contributed by atoms with Gasteiger partial charge in [0.25, 0.3) is 0 Å². The van der Waals surface area contributed by atoms with E-state index >= 15 is 0 Å². The van der Waals surface area contributed by atoms with E-state index in [1.807, 2.05) is 30.5 Å². The Morgan fingerprint density at radius 1 is 1.12 bits per heavy atom. The van der Waals surface area contributed by atoms with Gasteiger partial charge in [0.05, 0.1) is 6.54 Å². The maximum atomic E-state index is 11.6. The number of halogens is 1. The Morgan fingerprint density at radius 3 is 2.62 bits per heavy atom. The van der Waals surface area contributed by atoms with Crippen molar-refractivity contribution in [2.45, 2.75) is 25.6 Å². The Kier molecular flexibility index (Phi) is 8.25. The number of para-hydroxylation sites is 1. The number of aliphatic hydroxyl groups excluding tert-OH is 1. The number of H-pyrrole nitrogens is 1. The molecule has 0 saturated carbocycles. The van der Waals surface area contributed by atoms with E-state index in [1.54, 1.807) is 0 Å². The van der Waals surface area contributed by atoms with Gasteiger partial charge < -0.3 is 25.8 Å².